The van der Waals surface area contributed by atoms with Gasteiger partial charge in [0.05, 0.1) is 11.0 Å². The number of hydrogen-bond acceptors (Lipinski definition) is 3. The number of aliphatic hydroxyl groups excluding tert-OH is 1. The number of amides is 1. The van der Waals surface area contributed by atoms with Crippen LogP contribution in [0.25, 0.3) is 0 Å². The number of halogens is 1. The molecular weight excluding hydrogens is 262 g/mol. The number of nitrogens with one attached hydrogen (secondary N) is 1. The fraction of sp³-hybridized carbons (Fsp3) is 0.300. The van der Waals surface area contributed by atoms with Gasteiger partial charge in [0.1, 0.15) is 19.0 Å². The lowest BCUT2D eigenvalue weighted by molar-refractivity contribution is -0.123. The van der Waals surface area contributed by atoms with E-state index in [1.165, 1.54) is 0 Å². The summed E-state index contributed by atoms with van der Waals surface area (Å²) in [4.78, 5) is 10.7. The quantitative estimate of drug-likeness (QED) is 0.785. The summed E-state index contributed by atoms with van der Waals surface area (Å²) >= 11 is 3.34. The highest BCUT2D eigenvalue weighted by molar-refractivity contribution is 9.10. The summed E-state index contributed by atoms with van der Waals surface area (Å²) in [5.41, 5.74) is 0. The van der Waals surface area contributed by atoms with E-state index in [9.17, 15) is 4.79 Å². The number of carbonyl (C=O) groups is 1. The molecule has 1 aromatic rings. The minimum atomic E-state index is -0.491. The molecule has 0 aliphatic carbocycles. The molecule has 0 radical (unpaired) electrons. The first-order valence-corrected chi connectivity index (χ1v) is 5.28. The van der Waals surface area contributed by atoms with Crippen molar-refractivity contribution in [2.75, 3.05) is 19.8 Å². The first-order chi connectivity index (χ1) is 7.24. The van der Waals surface area contributed by atoms with E-state index >= 15 is 0 Å². The Hall–Kier alpha value is -1.07. The summed E-state index contributed by atoms with van der Waals surface area (Å²) in [6, 6.07) is 7.47. The molecule has 5 heteroatoms. The van der Waals surface area contributed by atoms with Gasteiger partial charge < -0.3 is 15.2 Å². The maximum atomic E-state index is 10.7. The predicted octanol–water partition coefficient (Wildman–Crippen LogP) is 0.936. The number of rotatable bonds is 5. The van der Waals surface area contributed by atoms with Crippen LogP contribution in [0.1, 0.15) is 0 Å². The van der Waals surface area contributed by atoms with Gasteiger partial charge in [-0.05, 0) is 28.1 Å². The highest BCUT2D eigenvalue weighted by Crippen LogP contribution is 2.23. The van der Waals surface area contributed by atoms with Gasteiger partial charge >= 0.3 is 0 Å². The van der Waals surface area contributed by atoms with Crippen LogP contribution in [0, 0.1) is 0 Å². The molecule has 0 fully saturated rings. The molecule has 0 aliphatic heterocycles. The molecular formula is C10H12BrNO3. The maximum Gasteiger partial charge on any atom is 0.245 e. The smallest absolute Gasteiger partial charge is 0.245 e. The van der Waals surface area contributed by atoms with Crippen molar-refractivity contribution in [2.45, 2.75) is 0 Å². The van der Waals surface area contributed by atoms with Crippen molar-refractivity contribution in [1.82, 2.24) is 5.32 Å². The van der Waals surface area contributed by atoms with Gasteiger partial charge in [-0.3, -0.25) is 4.79 Å². The number of para-hydroxylation sites is 1. The van der Waals surface area contributed by atoms with E-state index in [-0.39, 0.29) is 0 Å². The minimum Gasteiger partial charge on any atom is -0.491 e. The Morgan fingerprint density at radius 3 is 2.87 bits per heavy atom. The average molecular weight is 274 g/mol. The number of aliphatic hydroxyl groups is 1. The lowest BCUT2D eigenvalue weighted by atomic mass is 10.3. The van der Waals surface area contributed by atoms with Crippen molar-refractivity contribution >= 4 is 21.8 Å². The van der Waals surface area contributed by atoms with Crippen molar-refractivity contribution in [3.8, 4) is 5.75 Å². The van der Waals surface area contributed by atoms with Gasteiger partial charge in [0, 0.05) is 0 Å². The van der Waals surface area contributed by atoms with Crippen molar-refractivity contribution in [3.05, 3.63) is 28.7 Å². The van der Waals surface area contributed by atoms with E-state index in [0.29, 0.717) is 13.2 Å². The van der Waals surface area contributed by atoms with Crippen molar-refractivity contribution in [3.63, 3.8) is 0 Å². The fourth-order valence-corrected chi connectivity index (χ4v) is 1.37. The topological polar surface area (TPSA) is 58.6 Å². The zero-order chi connectivity index (χ0) is 11.1. The van der Waals surface area contributed by atoms with E-state index in [4.69, 9.17) is 9.84 Å². The summed E-state index contributed by atoms with van der Waals surface area (Å²) < 4.78 is 6.26. The molecule has 15 heavy (non-hydrogen) atoms. The summed E-state index contributed by atoms with van der Waals surface area (Å²) in [6.45, 7) is 0.254. The normalized spacial score (nSPS) is 9.73. The third-order valence-electron chi connectivity index (χ3n) is 1.66. The Morgan fingerprint density at radius 2 is 2.20 bits per heavy atom. The molecule has 1 rings (SSSR count). The molecule has 2 N–H and O–H groups in total. The van der Waals surface area contributed by atoms with Crippen LogP contribution in [-0.2, 0) is 4.79 Å². The van der Waals surface area contributed by atoms with Gasteiger partial charge in [-0.25, -0.2) is 0 Å². The first kappa shape index (κ1) is 12.0. The van der Waals surface area contributed by atoms with Crippen molar-refractivity contribution < 1.29 is 14.6 Å². The Bertz CT molecular complexity index is 330. The number of benzene rings is 1. The Labute approximate surface area is 96.4 Å². The zero-order valence-corrected chi connectivity index (χ0v) is 9.66. The van der Waals surface area contributed by atoms with Crippen LogP contribution in [0.2, 0.25) is 0 Å². The fourth-order valence-electron chi connectivity index (χ4n) is 0.969. The highest BCUT2D eigenvalue weighted by atomic mass is 79.9. The van der Waals surface area contributed by atoms with Crippen molar-refractivity contribution in [2.24, 2.45) is 0 Å². The van der Waals surface area contributed by atoms with Crippen LogP contribution < -0.4 is 10.1 Å². The number of ether oxygens (including phenoxy) is 1. The number of hydrogen-bond donors (Lipinski definition) is 2. The summed E-state index contributed by atoms with van der Waals surface area (Å²) in [6.07, 6.45) is 0. The van der Waals surface area contributed by atoms with Gasteiger partial charge in [0.25, 0.3) is 0 Å². The molecule has 82 valence electrons. The van der Waals surface area contributed by atoms with Gasteiger partial charge in [0.15, 0.2) is 0 Å². The van der Waals surface area contributed by atoms with Crippen molar-refractivity contribution in [1.29, 1.82) is 0 Å². The second-order valence-electron chi connectivity index (χ2n) is 2.79. The molecule has 0 atom stereocenters. The highest BCUT2D eigenvalue weighted by Gasteiger charge is 1.99. The lowest BCUT2D eigenvalue weighted by Crippen LogP contribution is -2.30. The van der Waals surface area contributed by atoms with Crippen LogP contribution in [0.5, 0.6) is 5.75 Å². The Balaban J connectivity index is 2.26. The molecule has 1 aromatic carbocycles. The molecule has 0 aromatic heterocycles. The van der Waals surface area contributed by atoms with Gasteiger partial charge in [-0.15, -0.1) is 0 Å². The van der Waals surface area contributed by atoms with E-state index in [2.05, 4.69) is 21.2 Å². The second-order valence-corrected chi connectivity index (χ2v) is 3.64. The van der Waals surface area contributed by atoms with Crippen LogP contribution in [-0.4, -0.2) is 30.8 Å². The summed E-state index contributed by atoms with van der Waals surface area (Å²) in [7, 11) is 0. The SMILES string of the molecule is O=C(CO)NCCOc1ccccc1Br. The first-order valence-electron chi connectivity index (χ1n) is 4.49. The standard InChI is InChI=1S/C10H12BrNO3/c11-8-3-1-2-4-9(8)15-6-5-12-10(14)7-13/h1-4,13H,5-7H2,(H,12,14). The molecule has 0 bridgehead atoms. The predicted molar refractivity (Wildman–Crippen MR) is 59.7 cm³/mol. The van der Waals surface area contributed by atoms with E-state index in [1.54, 1.807) is 0 Å². The molecule has 0 saturated carbocycles. The largest absolute Gasteiger partial charge is 0.491 e. The minimum absolute atomic E-state index is 0.369. The average Bonchev–Trinajstić information content (AvgIpc) is 2.26. The third kappa shape index (κ3) is 4.31. The molecule has 0 aliphatic rings. The van der Waals surface area contributed by atoms with Crippen LogP contribution in [0.3, 0.4) is 0 Å². The van der Waals surface area contributed by atoms with E-state index in [1.807, 2.05) is 24.3 Å². The summed E-state index contributed by atoms with van der Waals surface area (Å²) in [5.74, 6) is 0.335. The second kappa shape index (κ2) is 6.42. The molecule has 1 amide bonds. The van der Waals surface area contributed by atoms with Gasteiger partial charge in [-0.1, -0.05) is 12.1 Å². The third-order valence-corrected chi connectivity index (χ3v) is 2.32. The lowest BCUT2D eigenvalue weighted by Gasteiger charge is -2.08. The molecule has 0 saturated heterocycles. The van der Waals surface area contributed by atoms with E-state index < -0.39 is 12.5 Å². The zero-order valence-electron chi connectivity index (χ0n) is 8.07. The number of carbonyl (C=O) groups excluding carboxylic acids is 1. The molecule has 4 nitrogen and oxygen atoms in total. The van der Waals surface area contributed by atoms with E-state index in [0.717, 1.165) is 10.2 Å². The van der Waals surface area contributed by atoms with Crippen LogP contribution in [0.15, 0.2) is 28.7 Å². The van der Waals surface area contributed by atoms with Gasteiger partial charge in [0.2, 0.25) is 5.91 Å². The van der Waals surface area contributed by atoms with Crippen LogP contribution in [0.4, 0.5) is 0 Å². The molecule has 0 spiro atoms. The van der Waals surface area contributed by atoms with Gasteiger partial charge in [-0.2, -0.15) is 0 Å². The Morgan fingerprint density at radius 1 is 1.47 bits per heavy atom. The molecule has 0 unspecified atom stereocenters. The summed E-state index contributed by atoms with van der Waals surface area (Å²) in [5, 5.41) is 10.9. The molecule has 0 heterocycles. The maximum absolute atomic E-state index is 10.7. The van der Waals surface area contributed by atoms with Crippen LogP contribution >= 0.6 is 15.9 Å². The Kier molecular flexibility index (Phi) is 5.14. The monoisotopic (exact) mass is 273 g/mol.